The molecule has 0 fully saturated rings. The van der Waals surface area contributed by atoms with Gasteiger partial charge in [-0.3, -0.25) is 0 Å². The summed E-state index contributed by atoms with van der Waals surface area (Å²) in [6, 6.07) is 43.6. The average Bonchev–Trinajstić information content (AvgIpc) is 2.85. The van der Waals surface area contributed by atoms with Gasteiger partial charge < -0.3 is 37.9 Å². The molecule has 14 nitrogen and oxygen atoms in total. The Labute approximate surface area is 511 Å². The molecule has 454 valence electrons. The van der Waals surface area contributed by atoms with Gasteiger partial charge in [-0.1, -0.05) is 132 Å². The summed E-state index contributed by atoms with van der Waals surface area (Å²) >= 11 is 0. The number of hydrogen-bond acceptors (Lipinski definition) is 14. The Morgan fingerprint density at radius 1 is 0.356 bits per heavy atom. The number of nitrogens with zero attached hydrogens (tertiary/aromatic N) is 1. The van der Waals surface area contributed by atoms with Crippen molar-refractivity contribution in [1.29, 1.82) is 5.26 Å². The summed E-state index contributed by atoms with van der Waals surface area (Å²) in [5.74, 6) is -0.582. The van der Waals surface area contributed by atoms with Gasteiger partial charge in [-0.25, -0.2) is 24.0 Å². The van der Waals surface area contributed by atoms with Gasteiger partial charge in [0.2, 0.25) is 0 Å². The molecule has 87 heavy (non-hydrogen) atoms. The molecule has 0 spiro atoms. The van der Waals surface area contributed by atoms with Crippen molar-refractivity contribution >= 4 is 51.4 Å². The van der Waals surface area contributed by atoms with Crippen LogP contribution in [0.4, 0.5) is 0 Å². The Hall–Kier alpha value is -9.22. The second-order valence-electron chi connectivity index (χ2n) is 21.2. The average molecular weight is 1180 g/mol. The van der Waals surface area contributed by atoms with Crippen LogP contribution in [-0.2, 0) is 23.8 Å². The van der Waals surface area contributed by atoms with Gasteiger partial charge >= 0.3 is 29.8 Å². The van der Waals surface area contributed by atoms with Gasteiger partial charge in [-0.15, -0.1) is 0 Å². The van der Waals surface area contributed by atoms with E-state index in [1.807, 2.05) is 97.1 Å². The zero-order chi connectivity index (χ0) is 61.3. The van der Waals surface area contributed by atoms with Gasteiger partial charge in [0.15, 0.2) is 0 Å². The summed E-state index contributed by atoms with van der Waals surface area (Å²) in [7, 11) is 0. The van der Waals surface area contributed by atoms with E-state index < -0.39 is 23.9 Å². The molecule has 0 saturated carbocycles. The maximum Gasteiger partial charge on any atom is 0.343 e. The quantitative estimate of drug-likeness (QED) is 0.0117. The minimum absolute atomic E-state index is 0.0471. The Kier molecular flexibility index (Phi) is 27.5. The highest BCUT2D eigenvalue weighted by molar-refractivity contribution is 6.00. The summed E-state index contributed by atoms with van der Waals surface area (Å²) in [4.78, 5) is 63.7. The molecule has 0 aliphatic rings. The Morgan fingerprint density at radius 3 is 1.18 bits per heavy atom. The summed E-state index contributed by atoms with van der Waals surface area (Å²) in [5, 5.41) is 12.5. The molecule has 0 radical (unpaired) electrons. The first kappa shape index (κ1) is 65.3. The van der Waals surface area contributed by atoms with Crippen LogP contribution in [0, 0.1) is 11.3 Å². The van der Waals surface area contributed by atoms with Crippen molar-refractivity contribution in [2.75, 3.05) is 39.6 Å². The molecule has 14 heteroatoms. The predicted molar refractivity (Wildman–Crippen MR) is 338 cm³/mol. The van der Waals surface area contributed by atoms with E-state index in [2.05, 4.69) is 19.2 Å². The normalized spacial score (nSPS) is 10.8. The van der Waals surface area contributed by atoms with Crippen LogP contribution < -0.4 is 23.7 Å². The summed E-state index contributed by atoms with van der Waals surface area (Å²) in [6.45, 7) is 9.50. The summed E-state index contributed by atoms with van der Waals surface area (Å²) in [5.41, 5.74) is 3.20. The van der Waals surface area contributed by atoms with Crippen molar-refractivity contribution in [2.45, 2.75) is 122 Å². The number of carbonyl (C=O) groups excluding carboxylic acids is 5. The highest BCUT2D eigenvalue weighted by Gasteiger charge is 2.21. The van der Waals surface area contributed by atoms with Crippen LogP contribution in [0.5, 0.6) is 28.7 Å². The van der Waals surface area contributed by atoms with Crippen LogP contribution in [0.25, 0.3) is 32.7 Å². The molecule has 0 unspecified atom stereocenters. The fourth-order valence-electron chi connectivity index (χ4n) is 9.69. The highest BCUT2D eigenvalue weighted by Crippen LogP contribution is 2.30. The largest absolute Gasteiger partial charge is 0.494 e. The van der Waals surface area contributed by atoms with Crippen molar-refractivity contribution in [3.05, 3.63) is 187 Å². The smallest absolute Gasteiger partial charge is 0.343 e. The van der Waals surface area contributed by atoms with Crippen LogP contribution in [0.2, 0.25) is 0 Å². The van der Waals surface area contributed by atoms with Crippen molar-refractivity contribution in [2.24, 2.45) is 0 Å². The fourth-order valence-corrected chi connectivity index (χ4v) is 9.69. The standard InChI is InChI=1S/C73H79NO13/c1-3-69(75)83-45-21-14-9-7-5-6-8-12-19-43-81-64-39-35-58-49-62(31-29-60(58)51-64)72(78)87-68-41-40-66(86-71(77)61-30-28-59-50-65(38-34-57(59)48-61)82-44-20-16-17-22-46-84-70(76)4-2)52-67(68)73(79)85-47-23-15-11-10-13-18-42-80-63-36-32-56(33-37-63)55-26-24-54(53-74)25-27-55/h3-4,24-41,48-52H,1-2,5-23,42-47H2. The number of benzene rings is 7. The van der Waals surface area contributed by atoms with Gasteiger partial charge in [0, 0.05) is 12.2 Å². The molecule has 0 bridgehead atoms. The number of hydrogen-bond donors (Lipinski definition) is 0. The lowest BCUT2D eigenvalue weighted by atomic mass is 10.0. The Balaban J connectivity index is 0.886. The first-order valence-corrected chi connectivity index (χ1v) is 30.5. The zero-order valence-electron chi connectivity index (χ0n) is 49.8. The van der Waals surface area contributed by atoms with Crippen molar-refractivity contribution in [3.8, 4) is 45.9 Å². The topological polar surface area (TPSA) is 183 Å². The minimum atomic E-state index is -0.729. The van der Waals surface area contributed by atoms with Crippen molar-refractivity contribution in [1.82, 2.24) is 0 Å². The third-order valence-electron chi connectivity index (χ3n) is 14.6. The number of rotatable bonds is 39. The number of nitriles is 1. The molecule has 0 aromatic heterocycles. The first-order valence-electron chi connectivity index (χ1n) is 30.5. The monoisotopic (exact) mass is 1180 g/mol. The molecule has 0 atom stereocenters. The van der Waals surface area contributed by atoms with E-state index in [1.54, 1.807) is 24.3 Å². The van der Waals surface area contributed by atoms with Gasteiger partial charge in [0.05, 0.1) is 62.4 Å². The maximum atomic E-state index is 13.9. The lowest BCUT2D eigenvalue weighted by molar-refractivity contribution is -0.138. The third-order valence-corrected chi connectivity index (χ3v) is 14.6. The Morgan fingerprint density at radius 2 is 0.724 bits per heavy atom. The van der Waals surface area contributed by atoms with E-state index in [0.717, 1.165) is 147 Å². The van der Waals surface area contributed by atoms with Gasteiger partial charge in [0.1, 0.15) is 34.3 Å². The molecule has 0 N–H and O–H groups in total. The predicted octanol–water partition coefficient (Wildman–Crippen LogP) is 16.8. The molecular formula is C73H79NO13. The van der Waals surface area contributed by atoms with Crippen molar-refractivity contribution < 1.29 is 61.9 Å². The van der Waals surface area contributed by atoms with Gasteiger partial charge in [0.25, 0.3) is 0 Å². The second kappa shape index (κ2) is 36.6. The molecular weight excluding hydrogens is 1100 g/mol. The number of fused-ring (bicyclic) bond motifs is 2. The van der Waals surface area contributed by atoms with E-state index >= 15 is 0 Å². The summed E-state index contributed by atoms with van der Waals surface area (Å²) < 4.78 is 45.6. The molecule has 0 aliphatic carbocycles. The SMILES string of the molecule is C=CC(=O)OCCCCCCCCCCCOc1ccc2cc(C(=O)Oc3ccc(OC(=O)c4ccc5cc(OCCCCCCOC(=O)C=C)ccc5c4)cc3C(=O)OCCCCCCCCOc3ccc(-c4ccc(C#N)cc4)cc3)ccc2c1. The molecule has 0 aliphatic heterocycles. The molecule has 0 saturated heterocycles. The first-order chi connectivity index (χ1) is 42.6. The molecule has 7 aromatic rings. The lowest BCUT2D eigenvalue weighted by Crippen LogP contribution is -2.14. The van der Waals surface area contributed by atoms with E-state index in [4.69, 9.17) is 43.2 Å². The van der Waals surface area contributed by atoms with E-state index in [-0.39, 0.29) is 40.8 Å². The van der Waals surface area contributed by atoms with E-state index in [1.165, 1.54) is 43.5 Å². The summed E-state index contributed by atoms with van der Waals surface area (Å²) in [6.07, 6.45) is 20.9. The second-order valence-corrected chi connectivity index (χ2v) is 21.2. The molecule has 0 heterocycles. The highest BCUT2D eigenvalue weighted by atomic mass is 16.6. The van der Waals surface area contributed by atoms with Gasteiger partial charge in [-0.2, -0.15) is 5.26 Å². The van der Waals surface area contributed by atoms with Crippen LogP contribution in [0.1, 0.15) is 159 Å². The van der Waals surface area contributed by atoms with E-state index in [0.29, 0.717) is 50.8 Å². The van der Waals surface area contributed by atoms with Crippen LogP contribution in [0.3, 0.4) is 0 Å². The molecule has 0 amide bonds. The molecule has 7 rings (SSSR count). The third kappa shape index (κ3) is 22.6. The molecule has 7 aromatic carbocycles. The van der Waals surface area contributed by atoms with Crippen LogP contribution >= 0.6 is 0 Å². The number of esters is 5. The van der Waals surface area contributed by atoms with Crippen LogP contribution in [0.15, 0.2) is 165 Å². The maximum absolute atomic E-state index is 13.9. The van der Waals surface area contributed by atoms with Crippen LogP contribution in [-0.4, -0.2) is 69.5 Å². The zero-order valence-corrected chi connectivity index (χ0v) is 49.8. The minimum Gasteiger partial charge on any atom is -0.494 e. The number of carbonyl (C=O) groups is 5. The van der Waals surface area contributed by atoms with Crippen molar-refractivity contribution in [3.63, 3.8) is 0 Å². The Bertz CT molecular complexity index is 3420. The lowest BCUT2D eigenvalue weighted by Gasteiger charge is -2.13. The number of unbranched alkanes of at least 4 members (excludes halogenated alkanes) is 16. The fraction of sp³-hybridized carbons (Fsp3) is 0.342. The number of ether oxygens (including phenoxy) is 8. The van der Waals surface area contributed by atoms with E-state index in [9.17, 15) is 24.0 Å². The van der Waals surface area contributed by atoms with Gasteiger partial charge in [-0.05, 0) is 175 Å².